The van der Waals surface area contributed by atoms with Crippen LogP contribution in [-0.2, 0) is 11.2 Å². The van der Waals surface area contributed by atoms with Crippen molar-refractivity contribution >= 4 is 5.97 Å². The zero-order chi connectivity index (χ0) is 15.2. The van der Waals surface area contributed by atoms with Crippen LogP contribution >= 0.6 is 0 Å². The smallest absolute Gasteiger partial charge is 0.308 e. The van der Waals surface area contributed by atoms with Gasteiger partial charge in [-0.3, -0.25) is 9.69 Å². The molecule has 1 atom stereocenters. The van der Waals surface area contributed by atoms with Gasteiger partial charge in [0.1, 0.15) is 18.1 Å². The summed E-state index contributed by atoms with van der Waals surface area (Å²) in [6.45, 7) is 8.69. The molecule has 21 heavy (non-hydrogen) atoms. The fourth-order valence-corrected chi connectivity index (χ4v) is 2.90. The summed E-state index contributed by atoms with van der Waals surface area (Å²) in [5.74, 6) is 1.19. The first kappa shape index (κ1) is 15.8. The van der Waals surface area contributed by atoms with E-state index in [0.717, 1.165) is 43.7 Å². The van der Waals surface area contributed by atoms with Crippen LogP contribution in [0.5, 0.6) is 11.5 Å². The van der Waals surface area contributed by atoms with Gasteiger partial charge in [-0.15, -0.1) is 0 Å². The average Bonchev–Trinajstić information content (AvgIpc) is 2.46. The Morgan fingerprint density at radius 1 is 1.33 bits per heavy atom. The van der Waals surface area contributed by atoms with Gasteiger partial charge in [-0.05, 0) is 44.5 Å². The van der Waals surface area contributed by atoms with E-state index < -0.39 is 0 Å². The lowest BCUT2D eigenvalue weighted by atomic mass is 10.00. The van der Waals surface area contributed by atoms with Crippen LogP contribution in [0.25, 0.3) is 0 Å². The van der Waals surface area contributed by atoms with Crippen molar-refractivity contribution in [1.82, 2.24) is 4.90 Å². The molecule has 0 amide bonds. The lowest BCUT2D eigenvalue weighted by molar-refractivity contribution is -0.131. The van der Waals surface area contributed by atoms with Crippen molar-refractivity contribution in [2.45, 2.75) is 46.1 Å². The number of fused-ring (bicyclic) bond motifs is 1. The number of benzene rings is 1. The highest BCUT2D eigenvalue weighted by Crippen LogP contribution is 2.34. The minimum Gasteiger partial charge on any atom is -0.492 e. The summed E-state index contributed by atoms with van der Waals surface area (Å²) in [7, 11) is 0. The van der Waals surface area contributed by atoms with E-state index in [4.69, 9.17) is 9.47 Å². The molecular weight excluding hydrogens is 266 g/mol. The molecule has 0 N–H and O–H groups in total. The van der Waals surface area contributed by atoms with Crippen molar-refractivity contribution in [3.63, 3.8) is 0 Å². The van der Waals surface area contributed by atoms with Gasteiger partial charge in [0, 0.05) is 18.5 Å². The highest BCUT2D eigenvalue weighted by molar-refractivity contribution is 5.70. The molecule has 1 aromatic rings. The Bertz CT molecular complexity index is 481. The van der Waals surface area contributed by atoms with Crippen LogP contribution in [0.4, 0.5) is 0 Å². The molecule has 116 valence electrons. The predicted molar refractivity (Wildman–Crippen MR) is 82.9 cm³/mol. The molecule has 4 heteroatoms. The van der Waals surface area contributed by atoms with Gasteiger partial charge in [-0.2, -0.15) is 0 Å². The van der Waals surface area contributed by atoms with E-state index in [1.54, 1.807) is 0 Å². The van der Waals surface area contributed by atoms with Gasteiger partial charge < -0.3 is 9.47 Å². The lowest BCUT2D eigenvalue weighted by Crippen LogP contribution is -2.44. The molecule has 2 rings (SSSR count). The zero-order valence-electron chi connectivity index (χ0n) is 13.2. The second-order valence-electron chi connectivity index (χ2n) is 5.53. The normalized spacial score (nSPS) is 17.2. The molecule has 1 aliphatic heterocycles. The van der Waals surface area contributed by atoms with Crippen LogP contribution in [0.1, 0.15) is 39.2 Å². The Morgan fingerprint density at radius 3 is 2.67 bits per heavy atom. The Labute approximate surface area is 127 Å². The van der Waals surface area contributed by atoms with Gasteiger partial charge in [-0.25, -0.2) is 0 Å². The summed E-state index contributed by atoms with van der Waals surface area (Å²) in [4.78, 5) is 13.7. The minimum atomic E-state index is -0.288. The number of ether oxygens (including phenoxy) is 2. The SMILES string of the molecule is CCCN(CCC)C1COc2cccc(OC(C)=O)c2C1. The van der Waals surface area contributed by atoms with Crippen molar-refractivity contribution in [1.29, 1.82) is 0 Å². The first-order valence-corrected chi connectivity index (χ1v) is 7.82. The van der Waals surface area contributed by atoms with Gasteiger partial charge >= 0.3 is 5.97 Å². The molecule has 0 saturated heterocycles. The average molecular weight is 291 g/mol. The van der Waals surface area contributed by atoms with Gasteiger partial charge in [0.15, 0.2) is 0 Å². The van der Waals surface area contributed by atoms with E-state index >= 15 is 0 Å². The first-order valence-electron chi connectivity index (χ1n) is 7.82. The highest BCUT2D eigenvalue weighted by Gasteiger charge is 2.27. The van der Waals surface area contributed by atoms with Gasteiger partial charge in [-0.1, -0.05) is 19.9 Å². The van der Waals surface area contributed by atoms with E-state index in [1.807, 2.05) is 18.2 Å². The van der Waals surface area contributed by atoms with Crippen LogP contribution in [-0.4, -0.2) is 36.6 Å². The molecule has 0 bridgehead atoms. The molecule has 0 fully saturated rings. The van der Waals surface area contributed by atoms with Crippen LogP contribution < -0.4 is 9.47 Å². The second-order valence-corrected chi connectivity index (χ2v) is 5.53. The number of esters is 1. The summed E-state index contributed by atoms with van der Waals surface area (Å²) in [6.07, 6.45) is 3.14. The summed E-state index contributed by atoms with van der Waals surface area (Å²) in [5.41, 5.74) is 1.01. The Hall–Kier alpha value is -1.55. The lowest BCUT2D eigenvalue weighted by Gasteiger charge is -2.35. The van der Waals surface area contributed by atoms with Crippen LogP contribution in [0.3, 0.4) is 0 Å². The van der Waals surface area contributed by atoms with Crippen molar-refractivity contribution in [2.75, 3.05) is 19.7 Å². The van der Waals surface area contributed by atoms with Crippen molar-refractivity contribution in [3.05, 3.63) is 23.8 Å². The molecule has 0 saturated carbocycles. The number of nitrogens with zero attached hydrogens (tertiary/aromatic N) is 1. The Kier molecular flexibility index (Phi) is 5.62. The summed E-state index contributed by atoms with van der Waals surface area (Å²) in [6, 6.07) is 6.01. The maximum atomic E-state index is 11.2. The zero-order valence-corrected chi connectivity index (χ0v) is 13.2. The molecule has 1 heterocycles. The van der Waals surface area contributed by atoms with Gasteiger partial charge in [0.05, 0.1) is 0 Å². The van der Waals surface area contributed by atoms with E-state index in [9.17, 15) is 4.79 Å². The molecule has 0 spiro atoms. The number of carbonyl (C=O) groups excluding carboxylic acids is 1. The van der Waals surface area contributed by atoms with E-state index in [1.165, 1.54) is 6.92 Å². The number of hydrogen-bond acceptors (Lipinski definition) is 4. The molecule has 0 radical (unpaired) electrons. The molecule has 4 nitrogen and oxygen atoms in total. The monoisotopic (exact) mass is 291 g/mol. The number of rotatable bonds is 6. The molecule has 1 aliphatic rings. The van der Waals surface area contributed by atoms with Crippen LogP contribution in [0.2, 0.25) is 0 Å². The van der Waals surface area contributed by atoms with Gasteiger partial charge in [0.2, 0.25) is 0 Å². The summed E-state index contributed by atoms with van der Waals surface area (Å²) in [5, 5.41) is 0. The Balaban J connectivity index is 2.19. The molecule has 0 aliphatic carbocycles. The molecular formula is C17H25NO3. The van der Waals surface area contributed by atoms with E-state index in [2.05, 4.69) is 18.7 Å². The van der Waals surface area contributed by atoms with Gasteiger partial charge in [0.25, 0.3) is 0 Å². The number of carbonyl (C=O) groups is 1. The summed E-state index contributed by atoms with van der Waals surface area (Å²) < 4.78 is 11.2. The number of hydrogen-bond donors (Lipinski definition) is 0. The Morgan fingerprint density at radius 2 is 2.05 bits per heavy atom. The largest absolute Gasteiger partial charge is 0.492 e. The van der Waals surface area contributed by atoms with Crippen molar-refractivity contribution in [3.8, 4) is 11.5 Å². The quantitative estimate of drug-likeness (QED) is 0.596. The molecule has 1 unspecified atom stereocenters. The topological polar surface area (TPSA) is 38.8 Å². The second kappa shape index (κ2) is 7.46. The minimum absolute atomic E-state index is 0.288. The fraction of sp³-hybridized carbons (Fsp3) is 0.588. The van der Waals surface area contributed by atoms with Crippen LogP contribution in [0, 0.1) is 0 Å². The van der Waals surface area contributed by atoms with Crippen LogP contribution in [0.15, 0.2) is 18.2 Å². The fourth-order valence-electron chi connectivity index (χ4n) is 2.90. The molecule has 1 aromatic carbocycles. The van der Waals surface area contributed by atoms with E-state index in [-0.39, 0.29) is 5.97 Å². The maximum absolute atomic E-state index is 11.2. The highest BCUT2D eigenvalue weighted by atomic mass is 16.5. The standard InChI is InChI=1S/C17H25NO3/c1-4-9-18(10-5-2)14-11-15-16(20-12-14)7-6-8-17(15)21-13(3)19/h6-8,14H,4-5,9-12H2,1-3H3. The molecule has 0 aromatic heterocycles. The third-order valence-electron chi connectivity index (χ3n) is 3.75. The van der Waals surface area contributed by atoms with Crippen molar-refractivity contribution < 1.29 is 14.3 Å². The van der Waals surface area contributed by atoms with E-state index in [0.29, 0.717) is 18.4 Å². The maximum Gasteiger partial charge on any atom is 0.308 e. The predicted octanol–water partition coefficient (Wildman–Crippen LogP) is 3.04. The third-order valence-corrected chi connectivity index (χ3v) is 3.75. The third kappa shape index (κ3) is 3.97. The summed E-state index contributed by atoms with van der Waals surface area (Å²) >= 11 is 0. The van der Waals surface area contributed by atoms with Crippen molar-refractivity contribution in [2.24, 2.45) is 0 Å². The first-order chi connectivity index (χ1) is 10.2.